The Kier molecular flexibility index (Phi) is 4.52. The molecule has 0 radical (unpaired) electrons. The van der Waals surface area contributed by atoms with Crippen molar-refractivity contribution < 1.29 is 18.8 Å². The van der Waals surface area contributed by atoms with Crippen molar-refractivity contribution in [2.75, 3.05) is 5.32 Å². The van der Waals surface area contributed by atoms with Crippen LogP contribution in [0.25, 0.3) is 11.0 Å². The van der Waals surface area contributed by atoms with Gasteiger partial charge in [-0.25, -0.2) is 0 Å². The van der Waals surface area contributed by atoms with Gasteiger partial charge >= 0.3 is 0 Å². The van der Waals surface area contributed by atoms with Crippen molar-refractivity contribution in [2.24, 2.45) is 0 Å². The molecule has 4 rings (SSSR count). The third-order valence-electron chi connectivity index (χ3n) is 5.05. The molecule has 2 N–H and O–H groups in total. The van der Waals surface area contributed by atoms with E-state index in [1.54, 1.807) is 32.2 Å². The summed E-state index contributed by atoms with van der Waals surface area (Å²) in [7, 11) is 0. The summed E-state index contributed by atoms with van der Waals surface area (Å²) in [5, 5.41) is 6.35. The number of fused-ring (bicyclic) bond motifs is 1. The molecule has 7 heteroatoms. The Morgan fingerprint density at radius 1 is 1.21 bits per heavy atom. The van der Waals surface area contributed by atoms with Gasteiger partial charge in [-0.1, -0.05) is 5.92 Å². The van der Waals surface area contributed by atoms with Gasteiger partial charge in [0.2, 0.25) is 0 Å². The maximum Gasteiger partial charge on any atom is 0.294 e. The average molecular weight is 406 g/mol. The van der Waals surface area contributed by atoms with E-state index in [0.717, 1.165) is 22.3 Å². The third kappa shape index (κ3) is 3.43. The molecule has 0 bridgehead atoms. The van der Waals surface area contributed by atoms with Crippen molar-refractivity contribution >= 4 is 45.6 Å². The van der Waals surface area contributed by atoms with Crippen LogP contribution in [0.2, 0.25) is 0 Å². The number of carbonyl (C=O) groups excluding carboxylic acids is 3. The Labute approximate surface area is 171 Å². The first-order valence-electron chi connectivity index (χ1n) is 9.07. The fraction of sp³-hybridized carbons (Fsp3) is 0.227. The number of aryl methyl sites for hydroxylation is 1. The summed E-state index contributed by atoms with van der Waals surface area (Å²) in [6.07, 6.45) is 8.34. The molecule has 0 spiro atoms. The topological polar surface area (TPSA) is 88.4 Å². The predicted molar refractivity (Wildman–Crippen MR) is 111 cm³/mol. The number of thiophene rings is 1. The number of nitrogens with one attached hydrogen (secondary N) is 2. The van der Waals surface area contributed by atoms with Gasteiger partial charge in [-0.3, -0.25) is 14.4 Å². The minimum atomic E-state index is -0.734. The van der Waals surface area contributed by atoms with Gasteiger partial charge in [-0.2, -0.15) is 0 Å². The van der Waals surface area contributed by atoms with Crippen molar-refractivity contribution in [2.45, 2.75) is 32.2 Å². The van der Waals surface area contributed by atoms with E-state index >= 15 is 0 Å². The molecule has 6 nitrogen and oxygen atoms in total. The van der Waals surface area contributed by atoms with Crippen LogP contribution in [0.4, 0.5) is 5.69 Å². The van der Waals surface area contributed by atoms with E-state index < -0.39 is 17.2 Å². The Hall–Kier alpha value is -3.37. The van der Waals surface area contributed by atoms with E-state index in [4.69, 9.17) is 10.8 Å². The molecule has 1 aliphatic rings. The maximum absolute atomic E-state index is 12.9. The van der Waals surface area contributed by atoms with Crippen LogP contribution < -0.4 is 10.6 Å². The molecule has 1 fully saturated rings. The van der Waals surface area contributed by atoms with Crippen molar-refractivity contribution in [3.8, 4) is 12.3 Å². The number of ketones is 1. The third-order valence-corrected chi connectivity index (χ3v) is 6.26. The lowest BCUT2D eigenvalue weighted by Crippen LogP contribution is -2.40. The van der Waals surface area contributed by atoms with Crippen LogP contribution in [0.15, 0.2) is 34.9 Å². The van der Waals surface area contributed by atoms with Gasteiger partial charge in [-0.05, 0) is 56.5 Å². The first kappa shape index (κ1) is 19.0. The Balaban J connectivity index is 1.56. The van der Waals surface area contributed by atoms with E-state index in [-0.39, 0.29) is 10.8 Å². The fourth-order valence-electron chi connectivity index (χ4n) is 3.25. The maximum atomic E-state index is 12.9. The summed E-state index contributed by atoms with van der Waals surface area (Å²) in [5.41, 5.74) is 1.53. The number of furan rings is 1. The number of hydrogen-bond donors (Lipinski definition) is 2. The fourth-order valence-corrected chi connectivity index (χ4v) is 4.35. The second-order valence-corrected chi connectivity index (χ2v) is 8.35. The van der Waals surface area contributed by atoms with Crippen LogP contribution in [0.5, 0.6) is 0 Å². The van der Waals surface area contributed by atoms with E-state index in [1.807, 2.05) is 12.1 Å². The van der Waals surface area contributed by atoms with Crippen molar-refractivity contribution in [1.29, 1.82) is 0 Å². The quantitative estimate of drug-likeness (QED) is 0.383. The molecule has 1 aromatic carbocycles. The number of anilines is 1. The molecule has 1 aliphatic carbocycles. The first-order chi connectivity index (χ1) is 13.8. The summed E-state index contributed by atoms with van der Waals surface area (Å²) >= 11 is 1.14. The Morgan fingerprint density at radius 3 is 2.66 bits per heavy atom. The largest absolute Gasteiger partial charge is 0.464 e. The van der Waals surface area contributed by atoms with Gasteiger partial charge in [0.05, 0.1) is 16.7 Å². The summed E-state index contributed by atoms with van der Waals surface area (Å²) in [6, 6.07) is 7.14. The molecule has 2 heterocycles. The van der Waals surface area contributed by atoms with Crippen LogP contribution in [0.3, 0.4) is 0 Å². The lowest BCUT2D eigenvalue weighted by Gasteiger charge is -2.09. The number of rotatable bonds is 5. The van der Waals surface area contributed by atoms with Gasteiger partial charge in [0.1, 0.15) is 11.1 Å². The highest BCUT2D eigenvalue weighted by Crippen LogP contribution is 2.35. The van der Waals surface area contributed by atoms with E-state index in [2.05, 4.69) is 16.6 Å². The molecule has 3 aromatic rings. The zero-order valence-electron chi connectivity index (χ0n) is 15.9. The highest BCUT2D eigenvalue weighted by molar-refractivity contribution is 7.15. The van der Waals surface area contributed by atoms with Crippen LogP contribution in [0.1, 0.15) is 43.3 Å². The van der Waals surface area contributed by atoms with Crippen LogP contribution in [-0.4, -0.2) is 23.1 Å². The molecular weight excluding hydrogens is 388 g/mol. The zero-order valence-corrected chi connectivity index (χ0v) is 16.7. The SMILES string of the molecule is C#CC1(NC(=O)C(=O)c2sc(C)c(C(=O)Nc3ccc4occc4c3)c2C)CC1. The monoisotopic (exact) mass is 406 g/mol. The molecule has 0 aliphatic heterocycles. The first-order valence-corrected chi connectivity index (χ1v) is 9.88. The van der Waals surface area contributed by atoms with Crippen molar-refractivity contribution in [3.05, 3.63) is 51.4 Å². The number of carbonyl (C=O) groups is 3. The minimum Gasteiger partial charge on any atom is -0.464 e. The van der Waals surface area contributed by atoms with Crippen LogP contribution in [0, 0.1) is 26.2 Å². The van der Waals surface area contributed by atoms with E-state index in [0.29, 0.717) is 34.5 Å². The van der Waals surface area contributed by atoms with Gasteiger partial charge < -0.3 is 15.1 Å². The summed E-state index contributed by atoms with van der Waals surface area (Å²) < 4.78 is 5.30. The molecule has 2 amide bonds. The summed E-state index contributed by atoms with van der Waals surface area (Å²) in [5.74, 6) is 0.788. The number of terminal acetylenes is 1. The average Bonchev–Trinajstić information content (AvgIpc) is 3.18. The second kappa shape index (κ2) is 6.90. The smallest absolute Gasteiger partial charge is 0.294 e. The lowest BCUT2D eigenvalue weighted by molar-refractivity contribution is -0.117. The Bertz CT molecular complexity index is 1210. The number of amides is 2. The molecule has 146 valence electrons. The molecule has 0 unspecified atom stereocenters. The van der Waals surface area contributed by atoms with E-state index in [1.165, 1.54) is 0 Å². The predicted octanol–water partition coefficient (Wildman–Crippen LogP) is 3.83. The van der Waals surface area contributed by atoms with Crippen molar-refractivity contribution in [1.82, 2.24) is 5.32 Å². The highest BCUT2D eigenvalue weighted by atomic mass is 32.1. The zero-order chi connectivity index (χ0) is 20.8. The molecule has 0 saturated heterocycles. The second-order valence-electron chi connectivity index (χ2n) is 7.12. The standard InChI is InChI=1S/C22H18N2O4S/c1-4-22(8-9-22)24-21(27)18(25)19-12(2)17(13(3)29-19)20(26)23-15-5-6-16-14(11-15)7-10-28-16/h1,5-7,10-11H,8-9H2,2-3H3,(H,23,26)(H,24,27). The number of hydrogen-bond acceptors (Lipinski definition) is 5. The molecule has 29 heavy (non-hydrogen) atoms. The van der Waals surface area contributed by atoms with Gasteiger partial charge in [0.25, 0.3) is 17.6 Å². The highest BCUT2D eigenvalue weighted by Gasteiger charge is 2.43. The van der Waals surface area contributed by atoms with Gasteiger partial charge in [0, 0.05) is 16.0 Å². The van der Waals surface area contributed by atoms with Crippen LogP contribution >= 0.6 is 11.3 Å². The molecule has 1 saturated carbocycles. The minimum absolute atomic E-state index is 0.253. The summed E-state index contributed by atoms with van der Waals surface area (Å²) in [4.78, 5) is 38.7. The normalized spacial score (nSPS) is 14.2. The number of Topliss-reactive ketones (excluding diaryl/α,β-unsaturated/α-hetero) is 1. The van der Waals surface area contributed by atoms with E-state index in [9.17, 15) is 14.4 Å². The molecule has 2 aromatic heterocycles. The van der Waals surface area contributed by atoms with Gasteiger partial charge in [0.15, 0.2) is 0 Å². The Morgan fingerprint density at radius 2 is 1.97 bits per heavy atom. The molecular formula is C22H18N2O4S. The van der Waals surface area contributed by atoms with Gasteiger partial charge in [-0.15, -0.1) is 17.8 Å². The number of benzene rings is 1. The summed E-state index contributed by atoms with van der Waals surface area (Å²) in [6.45, 7) is 3.43. The lowest BCUT2D eigenvalue weighted by atomic mass is 10.1. The van der Waals surface area contributed by atoms with Crippen molar-refractivity contribution in [3.63, 3.8) is 0 Å². The van der Waals surface area contributed by atoms with Crippen LogP contribution in [-0.2, 0) is 4.79 Å². The molecule has 0 atom stereocenters.